The third kappa shape index (κ3) is 7.33. The maximum absolute atomic E-state index is 4.83. The molecule has 0 bridgehead atoms. The van der Waals surface area contributed by atoms with Crippen molar-refractivity contribution in [3.05, 3.63) is 255 Å². The van der Waals surface area contributed by atoms with Gasteiger partial charge in [-0.2, -0.15) is 0 Å². The highest BCUT2D eigenvalue weighted by Crippen LogP contribution is 2.41. The predicted octanol–water partition coefficient (Wildman–Crippen LogP) is 15.9. The molecule has 64 heavy (non-hydrogen) atoms. The zero-order valence-corrected chi connectivity index (χ0v) is 35.0. The first-order valence-electron chi connectivity index (χ1n) is 21.7. The fourth-order valence-electron chi connectivity index (χ4n) is 8.89. The summed E-state index contributed by atoms with van der Waals surface area (Å²) in [6.45, 7) is 0. The van der Waals surface area contributed by atoms with Crippen molar-refractivity contribution in [2.75, 3.05) is 4.90 Å². The Balaban J connectivity index is 0.933. The second-order valence-electron chi connectivity index (χ2n) is 15.8. The fraction of sp³-hybridized carbons (Fsp3) is 0. The van der Waals surface area contributed by atoms with E-state index in [1.807, 2.05) is 18.2 Å². The van der Waals surface area contributed by atoms with E-state index in [0.29, 0.717) is 0 Å². The highest BCUT2D eigenvalue weighted by atomic mass is 15.3. The largest absolute Gasteiger partial charge is 0.311 e. The number of nitrogens with zero attached hydrogens (tertiary/aromatic N) is 4. The first-order valence-corrected chi connectivity index (χ1v) is 21.7. The molecule has 0 fully saturated rings. The standard InChI is InChI=1S/C60H42N4/c1-4-18-47(19-5-1)59-61-62-60(64(59)52-41-37-45(38-42-52)54-30-16-20-43-17-10-11-25-53(43)54)48-33-31-44(32-34-48)55-26-12-14-28-57(55)58-29-15-13-27-56(58)46-35-39-51(40-36-46)63(49-21-6-2-7-22-49)50-23-8-3-9-24-50/h1-42H. The molecule has 302 valence electrons. The number of anilines is 3. The summed E-state index contributed by atoms with van der Waals surface area (Å²) in [5, 5.41) is 12.1. The van der Waals surface area contributed by atoms with Crippen molar-refractivity contribution >= 4 is 27.8 Å². The Bertz CT molecular complexity index is 3300. The quantitative estimate of drug-likeness (QED) is 0.138. The minimum Gasteiger partial charge on any atom is -0.311 e. The number of fused-ring (bicyclic) bond motifs is 1. The van der Waals surface area contributed by atoms with Crippen LogP contribution < -0.4 is 4.90 Å². The van der Waals surface area contributed by atoms with Gasteiger partial charge >= 0.3 is 0 Å². The van der Waals surface area contributed by atoms with Crippen molar-refractivity contribution < 1.29 is 0 Å². The number of hydrogen-bond acceptors (Lipinski definition) is 3. The zero-order chi connectivity index (χ0) is 42.7. The molecule has 4 heteroatoms. The van der Waals surface area contributed by atoms with Crippen LogP contribution in [0.25, 0.3) is 83.7 Å². The molecule has 1 aromatic heterocycles. The van der Waals surface area contributed by atoms with Gasteiger partial charge in [-0.25, -0.2) is 0 Å². The maximum atomic E-state index is 4.83. The van der Waals surface area contributed by atoms with Gasteiger partial charge in [-0.1, -0.05) is 206 Å². The molecular weight excluding hydrogens is 777 g/mol. The number of benzene rings is 10. The maximum Gasteiger partial charge on any atom is 0.168 e. The Morgan fingerprint density at radius 2 is 0.641 bits per heavy atom. The lowest BCUT2D eigenvalue weighted by Gasteiger charge is -2.25. The number of rotatable bonds is 10. The summed E-state index contributed by atoms with van der Waals surface area (Å²) in [7, 11) is 0. The van der Waals surface area contributed by atoms with E-state index in [9.17, 15) is 0 Å². The SMILES string of the molecule is c1ccc(-c2nnc(-c3ccc(-c4ccccc4-c4ccccc4-c4ccc(N(c5ccccc5)c5ccccc5)cc4)cc3)n2-c2ccc(-c3cccc4ccccc34)cc2)cc1. The Morgan fingerprint density at radius 1 is 0.266 bits per heavy atom. The van der Waals surface area contributed by atoms with Crippen LogP contribution in [0.5, 0.6) is 0 Å². The lowest BCUT2D eigenvalue weighted by molar-refractivity contribution is 1.07. The predicted molar refractivity (Wildman–Crippen MR) is 266 cm³/mol. The van der Waals surface area contributed by atoms with Crippen LogP contribution in [0.3, 0.4) is 0 Å². The highest BCUT2D eigenvalue weighted by molar-refractivity contribution is 5.97. The van der Waals surface area contributed by atoms with Crippen molar-refractivity contribution in [3.8, 4) is 73.0 Å². The smallest absolute Gasteiger partial charge is 0.168 e. The highest BCUT2D eigenvalue weighted by Gasteiger charge is 2.19. The molecule has 0 aliphatic rings. The average molecular weight is 819 g/mol. The van der Waals surface area contributed by atoms with Crippen LogP contribution in [0, 0.1) is 0 Å². The molecule has 0 radical (unpaired) electrons. The lowest BCUT2D eigenvalue weighted by Crippen LogP contribution is -2.09. The molecule has 1 heterocycles. The van der Waals surface area contributed by atoms with Crippen molar-refractivity contribution in [2.24, 2.45) is 0 Å². The van der Waals surface area contributed by atoms with E-state index in [4.69, 9.17) is 10.2 Å². The van der Waals surface area contributed by atoms with E-state index in [0.717, 1.165) is 67.8 Å². The van der Waals surface area contributed by atoms with Crippen LogP contribution in [0.4, 0.5) is 17.1 Å². The van der Waals surface area contributed by atoms with Crippen molar-refractivity contribution in [1.29, 1.82) is 0 Å². The Kier molecular flexibility index (Phi) is 10.2. The van der Waals surface area contributed by atoms with E-state index >= 15 is 0 Å². The molecule has 0 unspecified atom stereocenters. The minimum atomic E-state index is 0.781. The van der Waals surface area contributed by atoms with E-state index in [2.05, 4.69) is 246 Å². The van der Waals surface area contributed by atoms with Gasteiger partial charge in [0.05, 0.1) is 0 Å². The topological polar surface area (TPSA) is 34.0 Å². The summed E-state index contributed by atoms with van der Waals surface area (Å²) < 4.78 is 2.17. The molecular formula is C60H42N4. The van der Waals surface area contributed by atoms with Gasteiger partial charge in [0.25, 0.3) is 0 Å². The number of hydrogen-bond donors (Lipinski definition) is 0. The van der Waals surface area contributed by atoms with Crippen molar-refractivity contribution in [3.63, 3.8) is 0 Å². The van der Waals surface area contributed by atoms with Crippen LogP contribution in [-0.4, -0.2) is 14.8 Å². The zero-order valence-electron chi connectivity index (χ0n) is 35.0. The summed E-state index contributed by atoms with van der Waals surface area (Å²) in [4.78, 5) is 2.29. The van der Waals surface area contributed by atoms with E-state index in [-0.39, 0.29) is 0 Å². The molecule has 0 aliphatic heterocycles. The summed E-state index contributed by atoms with van der Waals surface area (Å²) >= 11 is 0. The number of para-hydroxylation sites is 2. The lowest BCUT2D eigenvalue weighted by atomic mass is 9.89. The third-order valence-electron chi connectivity index (χ3n) is 12.0. The van der Waals surface area contributed by atoms with Gasteiger partial charge in [-0.05, 0) is 104 Å². The summed E-state index contributed by atoms with van der Waals surface area (Å²) in [6, 6.07) is 90.2. The fourth-order valence-corrected chi connectivity index (χ4v) is 8.89. The average Bonchev–Trinajstić information content (AvgIpc) is 3.83. The molecule has 0 saturated heterocycles. The monoisotopic (exact) mass is 818 g/mol. The van der Waals surface area contributed by atoms with Crippen molar-refractivity contribution in [2.45, 2.75) is 0 Å². The second kappa shape index (κ2) is 17.0. The Morgan fingerprint density at radius 3 is 1.22 bits per heavy atom. The van der Waals surface area contributed by atoms with Gasteiger partial charge in [-0.15, -0.1) is 10.2 Å². The van der Waals surface area contributed by atoms with Crippen LogP contribution >= 0.6 is 0 Å². The summed E-state index contributed by atoms with van der Waals surface area (Å²) in [5.41, 5.74) is 15.7. The van der Waals surface area contributed by atoms with E-state index in [1.165, 1.54) is 33.0 Å². The van der Waals surface area contributed by atoms with Crippen LogP contribution in [0.15, 0.2) is 255 Å². The molecule has 0 amide bonds. The second-order valence-corrected chi connectivity index (χ2v) is 15.8. The molecule has 0 saturated carbocycles. The molecule has 10 aromatic carbocycles. The molecule has 4 nitrogen and oxygen atoms in total. The molecule has 0 atom stereocenters. The van der Waals surface area contributed by atoms with Crippen molar-refractivity contribution in [1.82, 2.24) is 14.8 Å². The molecule has 0 spiro atoms. The Labute approximate surface area is 373 Å². The van der Waals surface area contributed by atoms with Crippen LogP contribution in [-0.2, 0) is 0 Å². The van der Waals surface area contributed by atoms with Gasteiger partial charge < -0.3 is 4.90 Å². The first kappa shape index (κ1) is 38.3. The van der Waals surface area contributed by atoms with Crippen LogP contribution in [0.1, 0.15) is 0 Å². The van der Waals surface area contributed by atoms with Gasteiger partial charge in [0.15, 0.2) is 11.6 Å². The van der Waals surface area contributed by atoms with E-state index in [1.54, 1.807) is 0 Å². The normalized spacial score (nSPS) is 11.1. The molecule has 0 aliphatic carbocycles. The van der Waals surface area contributed by atoms with Gasteiger partial charge in [0.1, 0.15) is 0 Å². The van der Waals surface area contributed by atoms with Gasteiger partial charge in [0.2, 0.25) is 0 Å². The summed E-state index contributed by atoms with van der Waals surface area (Å²) in [5.74, 6) is 1.57. The van der Waals surface area contributed by atoms with Gasteiger partial charge in [0, 0.05) is 33.9 Å². The molecule has 0 N–H and O–H groups in total. The molecule has 11 rings (SSSR count). The molecule has 11 aromatic rings. The Hall–Kier alpha value is -8.60. The summed E-state index contributed by atoms with van der Waals surface area (Å²) in [6.07, 6.45) is 0. The third-order valence-corrected chi connectivity index (χ3v) is 12.0. The minimum absolute atomic E-state index is 0.781. The number of aromatic nitrogens is 3. The van der Waals surface area contributed by atoms with Crippen LogP contribution in [0.2, 0.25) is 0 Å². The van der Waals surface area contributed by atoms with Gasteiger partial charge in [-0.3, -0.25) is 4.57 Å². The first-order chi connectivity index (χ1) is 31.8. The van der Waals surface area contributed by atoms with E-state index < -0.39 is 0 Å².